The standard InChI is InChI=1S/C62H64F2N8O9S/c1-35(2)55(72-30-42-9-6-7-10-47(42)60(72)77)61(78)71-31-45(73)27-51(71)59(76)67-28-41-13-12-40(58-37(4)68-34-82-58)26-52(41)79-20-8-17-66-54(74)33-80-53-25-38(11-16-50(53)64)22-43-32-81-57-48(46-15-14-44(63)21-36(46)3)23-39(24-49(57)56(43)75)29-70-19-18-69(5)62(70)65/h6-7,9-16,18-19,21,23-26,34-35,43,45,51,55,65,73H,8,17,20,22,27-33H2,1-5H3,(H,66,74)(H,67,76)/t43-,45+,51-,55-/m0/s1. The molecule has 426 valence electrons. The van der Waals surface area contributed by atoms with E-state index in [0.29, 0.717) is 63.4 Å². The van der Waals surface area contributed by atoms with Gasteiger partial charge in [-0.2, -0.15) is 0 Å². The van der Waals surface area contributed by atoms with E-state index < -0.39 is 54.3 Å². The number of benzene rings is 5. The topological polar surface area (TPSA) is 210 Å². The quantitative estimate of drug-likeness (QED) is 0.0547. The number of carbonyl (C=O) groups excluding carboxylic acids is 5. The summed E-state index contributed by atoms with van der Waals surface area (Å²) < 4.78 is 51.2. The van der Waals surface area contributed by atoms with Gasteiger partial charge in [-0.15, -0.1) is 11.3 Å². The number of rotatable bonds is 20. The summed E-state index contributed by atoms with van der Waals surface area (Å²) in [4.78, 5) is 77.5. The van der Waals surface area contributed by atoms with E-state index in [0.717, 1.165) is 27.3 Å². The van der Waals surface area contributed by atoms with Crippen LogP contribution in [-0.4, -0.2) is 110 Å². The summed E-state index contributed by atoms with van der Waals surface area (Å²) in [5.74, 6) is -3.07. The van der Waals surface area contributed by atoms with Crippen LogP contribution >= 0.6 is 11.3 Å². The van der Waals surface area contributed by atoms with Crippen molar-refractivity contribution in [3.63, 3.8) is 0 Å². The monoisotopic (exact) mass is 1130 g/mol. The van der Waals surface area contributed by atoms with Crippen molar-refractivity contribution in [2.75, 3.05) is 32.9 Å². The van der Waals surface area contributed by atoms with Crippen molar-refractivity contribution in [3.05, 3.63) is 171 Å². The van der Waals surface area contributed by atoms with Crippen molar-refractivity contribution < 1.29 is 52.1 Å². The van der Waals surface area contributed by atoms with Crippen molar-refractivity contribution >= 4 is 40.7 Å². The molecule has 0 aliphatic carbocycles. The van der Waals surface area contributed by atoms with Crippen LogP contribution in [0.15, 0.2) is 109 Å². The van der Waals surface area contributed by atoms with Crippen molar-refractivity contribution in [3.8, 4) is 38.8 Å². The highest BCUT2D eigenvalue weighted by molar-refractivity contribution is 7.13. The molecule has 82 heavy (non-hydrogen) atoms. The fourth-order valence-electron chi connectivity index (χ4n) is 11.1. The summed E-state index contributed by atoms with van der Waals surface area (Å²) in [5, 5.41) is 25.0. The van der Waals surface area contributed by atoms with Crippen LogP contribution in [0.1, 0.15) is 80.9 Å². The van der Waals surface area contributed by atoms with Crippen LogP contribution in [0.3, 0.4) is 0 Å². The van der Waals surface area contributed by atoms with Crippen LogP contribution in [0, 0.1) is 42.7 Å². The van der Waals surface area contributed by atoms with Crippen LogP contribution in [0.2, 0.25) is 0 Å². The molecular weight excluding hydrogens is 1070 g/mol. The number of aliphatic hydroxyl groups excluding tert-OH is 1. The molecule has 2 aromatic heterocycles. The molecule has 0 spiro atoms. The minimum atomic E-state index is -0.976. The largest absolute Gasteiger partial charge is 0.493 e. The summed E-state index contributed by atoms with van der Waals surface area (Å²) in [6.45, 7) is 7.87. The Morgan fingerprint density at radius 1 is 0.902 bits per heavy atom. The first-order chi connectivity index (χ1) is 39.4. The van der Waals surface area contributed by atoms with E-state index in [1.165, 1.54) is 40.5 Å². The zero-order chi connectivity index (χ0) is 57.9. The number of thiazole rings is 1. The van der Waals surface area contributed by atoms with E-state index >= 15 is 4.39 Å². The normalized spacial score (nSPS) is 16.9. The number of hydrogen-bond donors (Lipinski definition) is 4. The third kappa shape index (κ3) is 12.1. The lowest BCUT2D eigenvalue weighted by atomic mass is 9.86. The molecule has 0 radical (unpaired) electrons. The number of imidazole rings is 1. The van der Waals surface area contributed by atoms with Gasteiger partial charge in [0.05, 0.1) is 53.4 Å². The first-order valence-electron chi connectivity index (χ1n) is 27.3. The zero-order valence-electron chi connectivity index (χ0n) is 46.2. The molecule has 5 heterocycles. The third-order valence-corrected chi connectivity index (χ3v) is 16.3. The number of aromatic nitrogens is 3. The van der Waals surface area contributed by atoms with Gasteiger partial charge >= 0.3 is 0 Å². The Morgan fingerprint density at radius 2 is 1.71 bits per heavy atom. The number of amides is 4. The summed E-state index contributed by atoms with van der Waals surface area (Å²) in [7, 11) is 1.77. The molecule has 3 aliphatic rings. The molecule has 5 aromatic carbocycles. The number of carbonyl (C=O) groups is 5. The van der Waals surface area contributed by atoms with Crippen LogP contribution in [-0.2, 0) is 47.5 Å². The highest BCUT2D eigenvalue weighted by atomic mass is 32.1. The number of halogens is 2. The van der Waals surface area contributed by atoms with Gasteiger partial charge in [-0.05, 0) is 115 Å². The number of fused-ring (bicyclic) bond motifs is 2. The van der Waals surface area contributed by atoms with Gasteiger partial charge in [0.25, 0.3) is 11.8 Å². The molecule has 4 atom stereocenters. The van der Waals surface area contributed by atoms with E-state index in [-0.39, 0.29) is 87.0 Å². The number of hydrogen-bond acceptors (Lipinski definition) is 12. The molecule has 0 unspecified atom stereocenters. The van der Waals surface area contributed by atoms with E-state index in [1.807, 2.05) is 57.2 Å². The maximum atomic E-state index is 15.2. The molecule has 1 saturated heterocycles. The lowest BCUT2D eigenvalue weighted by Crippen LogP contribution is -2.55. The van der Waals surface area contributed by atoms with Gasteiger partial charge < -0.3 is 48.9 Å². The zero-order valence-corrected chi connectivity index (χ0v) is 47.0. The Balaban J connectivity index is 0.742. The average Bonchev–Trinajstić information content (AvgIpc) is 4.23. The second-order valence-corrected chi connectivity index (χ2v) is 22.4. The van der Waals surface area contributed by atoms with Crippen molar-refractivity contribution in [2.24, 2.45) is 18.9 Å². The summed E-state index contributed by atoms with van der Waals surface area (Å²) >= 11 is 1.47. The number of β-amino-alcohol motifs (C(OH)–C–C–N with tert-alkyl or cyclic N) is 1. The summed E-state index contributed by atoms with van der Waals surface area (Å²) in [5.41, 5.74) is 9.43. The number of ether oxygens (including phenoxy) is 3. The fraction of sp³-hybridized carbons (Fsp3) is 0.339. The molecule has 4 N–H and O–H groups in total. The Morgan fingerprint density at radius 3 is 2.45 bits per heavy atom. The lowest BCUT2D eigenvalue weighted by Gasteiger charge is -2.35. The molecule has 1 fully saturated rings. The van der Waals surface area contributed by atoms with Crippen molar-refractivity contribution in [1.82, 2.24) is 34.6 Å². The van der Waals surface area contributed by atoms with Gasteiger partial charge in [-0.3, -0.25) is 29.4 Å². The average molecular weight is 1140 g/mol. The number of ketones is 1. The number of aryl methyl sites for hydroxylation is 3. The van der Waals surface area contributed by atoms with Gasteiger partial charge in [0.1, 0.15) is 29.4 Å². The smallest absolute Gasteiger partial charge is 0.257 e. The second kappa shape index (κ2) is 24.3. The SMILES string of the molecule is Cc1cc(F)ccc1-c1cc(Cn2ccn(C)c2=N)cc2c1OC[C@H](Cc1ccc(F)c(OCC(=O)NCCCOc3cc(-c4scnc4C)ccc3CNC(=O)[C@@H]3C[C@@H](O)CN3C(=O)[C@H](C(C)C)N3Cc4ccccc4C3=O)c1)C2=O. The minimum absolute atomic E-state index is 0.0333. The third-order valence-electron chi connectivity index (χ3n) is 15.3. The Kier molecular flexibility index (Phi) is 16.8. The number of nitrogens with zero attached hydrogens (tertiary/aromatic N) is 5. The summed E-state index contributed by atoms with van der Waals surface area (Å²) in [6, 6.07) is 23.4. The van der Waals surface area contributed by atoms with Crippen LogP contribution in [0.25, 0.3) is 21.6 Å². The van der Waals surface area contributed by atoms with Crippen molar-refractivity contribution in [1.29, 1.82) is 5.41 Å². The Labute approximate surface area is 477 Å². The molecule has 10 rings (SSSR count). The maximum absolute atomic E-state index is 15.2. The second-order valence-electron chi connectivity index (χ2n) is 21.5. The predicted molar refractivity (Wildman–Crippen MR) is 302 cm³/mol. The highest BCUT2D eigenvalue weighted by Gasteiger charge is 2.46. The van der Waals surface area contributed by atoms with Gasteiger partial charge in [-0.25, -0.2) is 13.8 Å². The van der Waals surface area contributed by atoms with Gasteiger partial charge in [0.2, 0.25) is 17.4 Å². The Bertz CT molecular complexity index is 3670. The Hall–Kier alpha value is -8.49. The van der Waals surface area contributed by atoms with Gasteiger partial charge in [0.15, 0.2) is 24.0 Å². The number of Topliss-reactive ketones (excluding diaryl/α,β-unsaturated/α-hetero) is 1. The molecule has 17 nitrogen and oxygen atoms in total. The number of aliphatic hydroxyl groups is 1. The fourth-order valence-corrected chi connectivity index (χ4v) is 11.9. The lowest BCUT2D eigenvalue weighted by molar-refractivity contribution is -0.143. The van der Waals surface area contributed by atoms with Crippen LogP contribution in [0.4, 0.5) is 8.78 Å². The number of likely N-dealkylation sites (tertiary alicyclic amines) is 1. The molecule has 3 aliphatic heterocycles. The summed E-state index contributed by atoms with van der Waals surface area (Å²) in [6.07, 6.45) is 3.21. The van der Waals surface area contributed by atoms with Crippen LogP contribution < -0.4 is 30.5 Å². The van der Waals surface area contributed by atoms with E-state index in [1.54, 1.807) is 76.2 Å². The molecular formula is C62H64F2N8O9S. The number of nitrogens with one attached hydrogen (secondary N) is 3. The molecule has 4 amide bonds. The first kappa shape index (κ1) is 56.8. The predicted octanol–water partition coefficient (Wildman–Crippen LogP) is 7.70. The van der Waals surface area contributed by atoms with E-state index in [9.17, 15) is 33.5 Å². The van der Waals surface area contributed by atoms with Crippen LogP contribution in [0.5, 0.6) is 17.2 Å². The molecule has 20 heteroatoms. The molecule has 7 aromatic rings. The van der Waals surface area contributed by atoms with Crippen molar-refractivity contribution in [2.45, 2.75) is 84.8 Å². The van der Waals surface area contributed by atoms with Gasteiger partial charge in [0, 0.05) is 68.7 Å². The maximum Gasteiger partial charge on any atom is 0.257 e. The molecule has 0 bridgehead atoms. The highest BCUT2D eigenvalue weighted by Crippen LogP contribution is 2.41. The minimum Gasteiger partial charge on any atom is -0.493 e. The van der Waals surface area contributed by atoms with Gasteiger partial charge in [-0.1, -0.05) is 56.3 Å². The van der Waals surface area contributed by atoms with E-state index in [2.05, 4.69) is 15.6 Å². The first-order valence-corrected chi connectivity index (χ1v) is 28.2. The molecule has 0 saturated carbocycles. The van der Waals surface area contributed by atoms with E-state index in [4.69, 9.17) is 19.6 Å².